The van der Waals surface area contributed by atoms with E-state index in [0.29, 0.717) is 0 Å². The Morgan fingerprint density at radius 3 is 1.47 bits per heavy atom. The topological polar surface area (TPSA) is 29.6 Å². The second kappa shape index (κ2) is 11.3. The van der Waals surface area contributed by atoms with Gasteiger partial charge in [0.2, 0.25) is 0 Å². The van der Waals surface area contributed by atoms with Crippen molar-refractivity contribution in [3.63, 3.8) is 0 Å². The van der Waals surface area contributed by atoms with Gasteiger partial charge in [-0.3, -0.25) is 0 Å². The molecule has 1 unspecified atom stereocenters. The number of epoxide rings is 1. The summed E-state index contributed by atoms with van der Waals surface area (Å²) < 4.78 is 4.78. The number of carbonyl (C=O) groups is 1. The molecule has 1 aliphatic heterocycles. The lowest BCUT2D eigenvalue weighted by Crippen LogP contribution is -1.88. The van der Waals surface area contributed by atoms with Gasteiger partial charge in [0, 0.05) is 0 Å². The number of hydrogen-bond donors (Lipinski definition) is 0. The van der Waals surface area contributed by atoms with Crippen LogP contribution in [-0.4, -0.2) is 12.1 Å². The zero-order valence-corrected chi connectivity index (χ0v) is 12.8. The zero-order valence-electron chi connectivity index (χ0n) is 12.8. The fourth-order valence-corrected chi connectivity index (χ4v) is 2.63. The van der Waals surface area contributed by atoms with Crippen LogP contribution in [0.15, 0.2) is 0 Å². The van der Waals surface area contributed by atoms with Crippen molar-refractivity contribution in [2.24, 2.45) is 0 Å². The lowest BCUT2D eigenvalue weighted by atomic mass is 10.0. The fourth-order valence-electron chi connectivity index (χ4n) is 2.63. The second-order valence-corrected chi connectivity index (χ2v) is 5.96. The molecule has 0 aromatic heterocycles. The molecule has 1 atom stereocenters. The van der Waals surface area contributed by atoms with Crippen LogP contribution in [0.3, 0.4) is 0 Å². The summed E-state index contributed by atoms with van der Waals surface area (Å²) in [5.74, 6) is 0.0129. The highest BCUT2D eigenvalue weighted by Gasteiger charge is 2.36. The first kappa shape index (κ1) is 16.5. The molecule has 0 N–H and O–H groups in total. The minimum atomic E-state index is -0.0206. The normalized spacial score (nSPS) is 17.5. The van der Waals surface area contributed by atoms with Crippen LogP contribution in [0.25, 0.3) is 0 Å². The van der Waals surface area contributed by atoms with Gasteiger partial charge in [-0.1, -0.05) is 84.0 Å². The molecule has 2 nitrogen and oxygen atoms in total. The van der Waals surface area contributed by atoms with Crippen LogP contribution in [0.5, 0.6) is 0 Å². The van der Waals surface area contributed by atoms with E-state index in [4.69, 9.17) is 4.74 Å². The summed E-state index contributed by atoms with van der Waals surface area (Å²) in [6.45, 7) is 2.27. The minimum absolute atomic E-state index is 0.0129. The third kappa shape index (κ3) is 9.98. The number of rotatable bonds is 14. The van der Waals surface area contributed by atoms with Gasteiger partial charge in [0.05, 0.1) is 0 Å². The molecule has 0 bridgehead atoms. The fraction of sp³-hybridized carbons (Fsp3) is 0.941. The highest BCUT2D eigenvalue weighted by Crippen LogP contribution is 2.20. The van der Waals surface area contributed by atoms with E-state index in [0.717, 1.165) is 12.8 Å². The Kier molecular flexibility index (Phi) is 9.84. The smallest absolute Gasteiger partial charge is 0.348 e. The molecule has 1 fully saturated rings. The van der Waals surface area contributed by atoms with Crippen LogP contribution in [0.4, 0.5) is 0 Å². The van der Waals surface area contributed by atoms with E-state index in [2.05, 4.69) is 6.92 Å². The maximum atomic E-state index is 10.6. The summed E-state index contributed by atoms with van der Waals surface area (Å²) in [4.78, 5) is 10.6. The van der Waals surface area contributed by atoms with Crippen molar-refractivity contribution < 1.29 is 9.53 Å². The number of ether oxygens (including phenoxy) is 1. The maximum absolute atomic E-state index is 10.6. The summed E-state index contributed by atoms with van der Waals surface area (Å²) in [6.07, 6.45) is 18.8. The van der Waals surface area contributed by atoms with Crippen molar-refractivity contribution in [3.8, 4) is 0 Å². The van der Waals surface area contributed by atoms with Crippen LogP contribution in [-0.2, 0) is 9.53 Å². The van der Waals surface area contributed by atoms with Crippen molar-refractivity contribution in [2.45, 2.75) is 103 Å². The second-order valence-electron chi connectivity index (χ2n) is 5.96. The molecule has 112 valence electrons. The molecule has 1 rings (SSSR count). The van der Waals surface area contributed by atoms with Gasteiger partial charge in [0.25, 0.3) is 0 Å². The largest absolute Gasteiger partial charge is 0.448 e. The van der Waals surface area contributed by atoms with Gasteiger partial charge < -0.3 is 4.74 Å². The molecular formula is C17H32O2. The number of cyclic esters (lactones) is 1. The zero-order chi connectivity index (χ0) is 13.8. The van der Waals surface area contributed by atoms with Gasteiger partial charge >= 0.3 is 5.97 Å². The average Bonchev–Trinajstić information content (AvgIpc) is 3.11. The summed E-state index contributed by atoms with van der Waals surface area (Å²) in [5, 5.41) is 0. The molecular weight excluding hydrogens is 236 g/mol. The lowest BCUT2D eigenvalue weighted by Gasteiger charge is -2.02. The predicted octanol–water partition coefficient (Wildman–Crippen LogP) is 5.39. The van der Waals surface area contributed by atoms with E-state index < -0.39 is 0 Å². The average molecular weight is 268 g/mol. The minimum Gasteiger partial charge on any atom is -0.448 e. The number of carbonyl (C=O) groups excluding carboxylic acids is 1. The summed E-state index contributed by atoms with van der Waals surface area (Å²) in [7, 11) is 0. The molecule has 0 aromatic rings. The Labute approximate surface area is 119 Å². The highest BCUT2D eigenvalue weighted by atomic mass is 16.6. The Hall–Kier alpha value is -0.530. The quantitative estimate of drug-likeness (QED) is 0.312. The molecule has 0 amide bonds. The van der Waals surface area contributed by atoms with Crippen LogP contribution in [0, 0.1) is 0 Å². The van der Waals surface area contributed by atoms with Gasteiger partial charge in [0.1, 0.15) is 0 Å². The summed E-state index contributed by atoms with van der Waals surface area (Å²) >= 11 is 0. The molecule has 0 radical (unpaired) electrons. The van der Waals surface area contributed by atoms with Gasteiger partial charge in [-0.15, -0.1) is 0 Å². The third-order valence-corrected chi connectivity index (χ3v) is 4.03. The summed E-state index contributed by atoms with van der Waals surface area (Å²) in [5.41, 5.74) is 0. The first-order valence-corrected chi connectivity index (χ1v) is 8.55. The Bertz CT molecular complexity index is 225. The first-order chi connectivity index (χ1) is 9.34. The summed E-state index contributed by atoms with van der Waals surface area (Å²) in [6, 6.07) is 0. The van der Waals surface area contributed by atoms with Gasteiger partial charge in [0.15, 0.2) is 6.10 Å². The van der Waals surface area contributed by atoms with E-state index in [1.807, 2.05) is 0 Å². The molecule has 0 saturated carbocycles. The van der Waals surface area contributed by atoms with E-state index in [9.17, 15) is 4.79 Å². The molecule has 0 aromatic carbocycles. The Morgan fingerprint density at radius 1 is 0.737 bits per heavy atom. The van der Waals surface area contributed by atoms with Crippen LogP contribution < -0.4 is 0 Å². The van der Waals surface area contributed by atoms with Crippen molar-refractivity contribution >= 4 is 5.97 Å². The van der Waals surface area contributed by atoms with Crippen molar-refractivity contribution in [2.75, 3.05) is 0 Å². The highest BCUT2D eigenvalue weighted by molar-refractivity contribution is 5.87. The Balaban J connectivity index is 1.64. The molecule has 19 heavy (non-hydrogen) atoms. The van der Waals surface area contributed by atoms with Crippen molar-refractivity contribution in [1.82, 2.24) is 0 Å². The van der Waals surface area contributed by atoms with Gasteiger partial charge in [-0.2, -0.15) is 0 Å². The lowest BCUT2D eigenvalue weighted by molar-refractivity contribution is -0.117. The molecule has 1 saturated heterocycles. The van der Waals surface area contributed by atoms with E-state index >= 15 is 0 Å². The van der Waals surface area contributed by atoms with E-state index in [-0.39, 0.29) is 12.1 Å². The first-order valence-electron chi connectivity index (χ1n) is 8.55. The molecule has 0 spiro atoms. The maximum Gasteiger partial charge on any atom is 0.348 e. The van der Waals surface area contributed by atoms with Crippen molar-refractivity contribution in [1.29, 1.82) is 0 Å². The molecule has 2 heteroatoms. The van der Waals surface area contributed by atoms with E-state index in [1.54, 1.807) is 0 Å². The number of hydrogen-bond acceptors (Lipinski definition) is 2. The molecule has 1 aliphatic rings. The molecule has 1 heterocycles. The van der Waals surface area contributed by atoms with Crippen molar-refractivity contribution in [3.05, 3.63) is 0 Å². The van der Waals surface area contributed by atoms with Crippen LogP contribution >= 0.6 is 0 Å². The molecule has 0 aliphatic carbocycles. The van der Waals surface area contributed by atoms with Gasteiger partial charge in [-0.25, -0.2) is 4.79 Å². The van der Waals surface area contributed by atoms with Crippen LogP contribution in [0.2, 0.25) is 0 Å². The Morgan fingerprint density at radius 2 is 1.11 bits per heavy atom. The standard InChI is InChI=1S/C17H32O2/c1-2-3-4-5-6-7-8-9-10-11-12-13-14-15-16-17(18)19-16/h16H,2-15H2,1H3. The van der Waals surface area contributed by atoms with Gasteiger partial charge in [-0.05, 0) is 12.8 Å². The SMILES string of the molecule is CCCCCCCCCCCCCCCC1OC1=O. The predicted molar refractivity (Wildman–Crippen MR) is 80.2 cm³/mol. The number of unbranched alkanes of at least 4 members (excludes halogenated alkanes) is 12. The van der Waals surface area contributed by atoms with Crippen LogP contribution in [0.1, 0.15) is 96.8 Å². The monoisotopic (exact) mass is 268 g/mol. The third-order valence-electron chi connectivity index (χ3n) is 4.03. The van der Waals surface area contributed by atoms with E-state index in [1.165, 1.54) is 77.0 Å².